The molecule has 0 aromatic heterocycles. The van der Waals surface area contributed by atoms with Gasteiger partial charge in [-0.1, -0.05) is 12.1 Å². The number of hydrogen-bond donors (Lipinski definition) is 1. The number of phenolic OH excluding ortho intramolecular Hbond substituents is 1. The van der Waals surface area contributed by atoms with Crippen LogP contribution in [0.3, 0.4) is 0 Å². The van der Waals surface area contributed by atoms with E-state index in [9.17, 15) is 20.0 Å². The largest absolute Gasteiger partial charge is 0.502 e. The van der Waals surface area contributed by atoms with Crippen LogP contribution in [-0.2, 0) is 4.74 Å². The van der Waals surface area contributed by atoms with Gasteiger partial charge in [-0.25, -0.2) is 0 Å². The predicted octanol–water partition coefficient (Wildman–Crippen LogP) is 3.22. The quantitative estimate of drug-likeness (QED) is 0.260. The SMILES string of the molecule is COCCOc1ccc(C(=O)/C=C/c2ccc(O)c([N+](=O)[O-])c2)cc1. The van der Waals surface area contributed by atoms with Gasteiger partial charge in [-0.05, 0) is 42.0 Å². The summed E-state index contributed by atoms with van der Waals surface area (Å²) in [5.74, 6) is -0.0385. The average Bonchev–Trinajstić information content (AvgIpc) is 2.61. The molecule has 0 aliphatic carbocycles. The van der Waals surface area contributed by atoms with Crippen molar-refractivity contribution in [3.8, 4) is 11.5 Å². The number of carbonyl (C=O) groups excluding carboxylic acids is 1. The lowest BCUT2D eigenvalue weighted by Gasteiger charge is -2.05. The molecular weight excluding hydrogens is 326 g/mol. The van der Waals surface area contributed by atoms with Crippen molar-refractivity contribution in [1.82, 2.24) is 0 Å². The Morgan fingerprint density at radius 2 is 1.92 bits per heavy atom. The Bertz CT molecular complexity index is 783. The molecule has 0 bridgehead atoms. The summed E-state index contributed by atoms with van der Waals surface area (Å²) in [7, 11) is 1.58. The molecule has 0 unspecified atom stereocenters. The first-order valence-corrected chi connectivity index (χ1v) is 7.43. The van der Waals surface area contributed by atoms with E-state index in [-0.39, 0.29) is 5.78 Å². The lowest BCUT2D eigenvalue weighted by atomic mass is 10.1. The van der Waals surface area contributed by atoms with Crippen molar-refractivity contribution in [1.29, 1.82) is 0 Å². The van der Waals surface area contributed by atoms with Crippen LogP contribution in [0.15, 0.2) is 48.5 Å². The molecule has 0 amide bonds. The van der Waals surface area contributed by atoms with Crippen LogP contribution in [0, 0.1) is 10.1 Å². The molecule has 130 valence electrons. The van der Waals surface area contributed by atoms with Gasteiger partial charge in [0.15, 0.2) is 11.5 Å². The van der Waals surface area contributed by atoms with Gasteiger partial charge in [0.2, 0.25) is 0 Å². The number of methoxy groups -OCH3 is 1. The Hall–Kier alpha value is -3.19. The lowest BCUT2D eigenvalue weighted by molar-refractivity contribution is -0.385. The summed E-state index contributed by atoms with van der Waals surface area (Å²) in [5.41, 5.74) is 0.494. The summed E-state index contributed by atoms with van der Waals surface area (Å²) in [4.78, 5) is 22.3. The molecule has 0 atom stereocenters. The van der Waals surface area contributed by atoms with Crippen molar-refractivity contribution < 1.29 is 24.3 Å². The minimum atomic E-state index is -0.684. The second-order valence-corrected chi connectivity index (χ2v) is 5.07. The van der Waals surface area contributed by atoms with E-state index in [2.05, 4.69) is 0 Å². The zero-order valence-corrected chi connectivity index (χ0v) is 13.5. The van der Waals surface area contributed by atoms with Crippen LogP contribution < -0.4 is 4.74 Å². The highest BCUT2D eigenvalue weighted by atomic mass is 16.6. The standard InChI is InChI=1S/C18H17NO6/c1-24-10-11-25-15-6-4-14(5-7-15)17(20)8-2-13-3-9-18(21)16(12-13)19(22)23/h2-9,12,21H,10-11H2,1H3/b8-2+. The number of allylic oxidation sites excluding steroid dienone is 1. The fraction of sp³-hybridized carbons (Fsp3) is 0.167. The number of nitro groups is 1. The highest BCUT2D eigenvalue weighted by Gasteiger charge is 2.12. The topological polar surface area (TPSA) is 98.9 Å². The summed E-state index contributed by atoms with van der Waals surface area (Å²) >= 11 is 0. The number of phenols is 1. The van der Waals surface area contributed by atoms with Crippen LogP contribution in [0.1, 0.15) is 15.9 Å². The highest BCUT2D eigenvalue weighted by Crippen LogP contribution is 2.26. The molecule has 0 spiro atoms. The molecule has 0 saturated heterocycles. The number of nitro benzene ring substituents is 1. The Labute approximate surface area is 144 Å². The number of ether oxygens (including phenoxy) is 2. The van der Waals surface area contributed by atoms with Gasteiger partial charge in [-0.2, -0.15) is 0 Å². The van der Waals surface area contributed by atoms with Crippen molar-refractivity contribution in [2.75, 3.05) is 20.3 Å². The van der Waals surface area contributed by atoms with E-state index in [4.69, 9.17) is 9.47 Å². The van der Waals surface area contributed by atoms with Crippen LogP contribution in [0.4, 0.5) is 5.69 Å². The van der Waals surface area contributed by atoms with E-state index >= 15 is 0 Å². The molecule has 1 N–H and O–H groups in total. The minimum Gasteiger partial charge on any atom is -0.502 e. The van der Waals surface area contributed by atoms with Crippen LogP contribution >= 0.6 is 0 Å². The maximum atomic E-state index is 12.1. The van der Waals surface area contributed by atoms with Gasteiger partial charge in [0.25, 0.3) is 0 Å². The summed E-state index contributed by atoms with van der Waals surface area (Å²) in [5, 5.41) is 20.2. The second kappa shape index (κ2) is 8.60. The van der Waals surface area contributed by atoms with E-state index in [1.165, 1.54) is 30.4 Å². The van der Waals surface area contributed by atoms with Crippen molar-refractivity contribution in [2.45, 2.75) is 0 Å². The van der Waals surface area contributed by atoms with Gasteiger partial charge in [-0.15, -0.1) is 0 Å². The summed E-state index contributed by atoms with van der Waals surface area (Å²) < 4.78 is 10.3. The van der Waals surface area contributed by atoms with E-state index in [1.54, 1.807) is 31.4 Å². The third-order valence-electron chi connectivity index (χ3n) is 3.32. The zero-order chi connectivity index (χ0) is 18.2. The van der Waals surface area contributed by atoms with Crippen LogP contribution in [0.2, 0.25) is 0 Å². The molecule has 25 heavy (non-hydrogen) atoms. The number of hydrogen-bond acceptors (Lipinski definition) is 6. The van der Waals surface area contributed by atoms with Crippen LogP contribution in [0.5, 0.6) is 11.5 Å². The van der Waals surface area contributed by atoms with Gasteiger partial charge in [0, 0.05) is 18.7 Å². The molecule has 7 heteroatoms. The van der Waals surface area contributed by atoms with Gasteiger partial charge in [0.05, 0.1) is 11.5 Å². The lowest BCUT2D eigenvalue weighted by Crippen LogP contribution is -2.04. The van der Waals surface area contributed by atoms with Gasteiger partial charge >= 0.3 is 5.69 Å². The molecule has 2 aromatic rings. The Morgan fingerprint density at radius 1 is 1.20 bits per heavy atom. The van der Waals surface area contributed by atoms with Crippen LogP contribution in [0.25, 0.3) is 6.08 Å². The van der Waals surface area contributed by atoms with Gasteiger partial charge in [0.1, 0.15) is 12.4 Å². The first kappa shape index (κ1) is 18.2. The number of carbonyl (C=O) groups is 1. The summed E-state index contributed by atoms with van der Waals surface area (Å²) in [6, 6.07) is 10.5. The summed E-state index contributed by atoms with van der Waals surface area (Å²) in [6.45, 7) is 0.894. The van der Waals surface area contributed by atoms with Crippen molar-refractivity contribution in [3.63, 3.8) is 0 Å². The highest BCUT2D eigenvalue weighted by molar-refractivity contribution is 6.06. The van der Waals surface area contributed by atoms with E-state index < -0.39 is 16.4 Å². The van der Waals surface area contributed by atoms with Crippen molar-refractivity contribution >= 4 is 17.5 Å². The number of ketones is 1. The van der Waals surface area contributed by atoms with E-state index in [0.717, 1.165) is 0 Å². The molecule has 2 aromatic carbocycles. The molecule has 7 nitrogen and oxygen atoms in total. The molecule has 0 heterocycles. The number of rotatable bonds is 8. The van der Waals surface area contributed by atoms with E-state index in [0.29, 0.717) is 30.1 Å². The fourth-order valence-electron chi connectivity index (χ4n) is 2.02. The third-order valence-corrected chi connectivity index (χ3v) is 3.32. The molecule has 0 aliphatic rings. The minimum absolute atomic E-state index is 0.251. The average molecular weight is 343 g/mol. The molecule has 0 aliphatic heterocycles. The first-order chi connectivity index (χ1) is 12.0. The first-order valence-electron chi connectivity index (χ1n) is 7.43. The molecule has 0 saturated carbocycles. The number of aromatic hydroxyl groups is 1. The van der Waals surface area contributed by atoms with Crippen molar-refractivity contribution in [2.24, 2.45) is 0 Å². The maximum Gasteiger partial charge on any atom is 0.311 e. The Kier molecular flexibility index (Phi) is 6.25. The monoisotopic (exact) mass is 343 g/mol. The normalized spacial score (nSPS) is 10.8. The number of benzene rings is 2. The molecule has 2 rings (SSSR count). The van der Waals surface area contributed by atoms with Gasteiger partial charge in [-0.3, -0.25) is 14.9 Å². The zero-order valence-electron chi connectivity index (χ0n) is 13.5. The van der Waals surface area contributed by atoms with E-state index in [1.807, 2.05) is 0 Å². The molecule has 0 radical (unpaired) electrons. The Balaban J connectivity index is 2.05. The van der Waals surface area contributed by atoms with Crippen molar-refractivity contribution in [3.05, 3.63) is 69.8 Å². The van der Waals surface area contributed by atoms with Gasteiger partial charge < -0.3 is 14.6 Å². The number of nitrogens with zero attached hydrogens (tertiary/aromatic N) is 1. The second-order valence-electron chi connectivity index (χ2n) is 5.07. The Morgan fingerprint density at radius 3 is 2.56 bits per heavy atom. The molecule has 0 fully saturated rings. The summed E-state index contributed by atoms with van der Waals surface area (Å²) in [6.07, 6.45) is 2.77. The maximum absolute atomic E-state index is 12.1. The molecular formula is C18H17NO6. The third kappa shape index (κ3) is 5.15. The van der Waals surface area contributed by atoms with Crippen LogP contribution in [-0.4, -0.2) is 36.1 Å². The fourth-order valence-corrected chi connectivity index (χ4v) is 2.02. The predicted molar refractivity (Wildman–Crippen MR) is 91.9 cm³/mol. The smallest absolute Gasteiger partial charge is 0.311 e.